The van der Waals surface area contributed by atoms with Crippen molar-refractivity contribution in [2.45, 2.75) is 72.3 Å². The topological polar surface area (TPSA) is 9.23 Å². The van der Waals surface area contributed by atoms with E-state index in [1.165, 1.54) is 49.7 Å². The largest absolute Gasteiger partial charge is 0.373 e. The molecule has 0 saturated heterocycles. The molecule has 0 aromatic carbocycles. The van der Waals surface area contributed by atoms with E-state index in [9.17, 15) is 0 Å². The molecule has 104 valence electrons. The lowest BCUT2D eigenvalue weighted by Gasteiger charge is -2.30. The molecule has 1 aliphatic rings. The molecule has 0 heterocycles. The zero-order valence-electron chi connectivity index (χ0n) is 12.7. The standard InChI is InChI=1S/C17H30O/c1-5-7-8-9-13-18-17-15(4)14(3)11-12-16(17)10-6-2/h11-12,15,17H,5-10,13H2,1-4H3. The second-order valence-electron chi connectivity index (χ2n) is 5.54. The van der Waals surface area contributed by atoms with E-state index in [1.807, 2.05) is 0 Å². The molecule has 1 heteroatoms. The van der Waals surface area contributed by atoms with E-state index in [0.29, 0.717) is 12.0 Å². The molecule has 2 atom stereocenters. The van der Waals surface area contributed by atoms with Gasteiger partial charge in [0.2, 0.25) is 0 Å². The van der Waals surface area contributed by atoms with Crippen molar-refractivity contribution in [3.05, 3.63) is 23.3 Å². The number of hydrogen-bond acceptors (Lipinski definition) is 1. The summed E-state index contributed by atoms with van der Waals surface area (Å²) in [4.78, 5) is 0. The number of rotatable bonds is 8. The molecule has 2 unspecified atom stereocenters. The summed E-state index contributed by atoms with van der Waals surface area (Å²) in [6, 6.07) is 0. The Hall–Kier alpha value is -0.560. The molecular weight excluding hydrogens is 220 g/mol. The number of hydrogen-bond donors (Lipinski definition) is 0. The molecule has 0 fully saturated rings. The molecular formula is C17H30O. The molecule has 0 radical (unpaired) electrons. The highest BCUT2D eigenvalue weighted by Crippen LogP contribution is 2.30. The van der Waals surface area contributed by atoms with E-state index in [4.69, 9.17) is 4.74 Å². The van der Waals surface area contributed by atoms with Crippen LogP contribution in [-0.4, -0.2) is 12.7 Å². The minimum absolute atomic E-state index is 0.330. The van der Waals surface area contributed by atoms with Crippen molar-refractivity contribution in [3.8, 4) is 0 Å². The minimum Gasteiger partial charge on any atom is -0.373 e. The molecule has 1 nitrogen and oxygen atoms in total. The summed E-state index contributed by atoms with van der Waals surface area (Å²) in [5, 5.41) is 0. The van der Waals surface area contributed by atoms with Gasteiger partial charge in [0.15, 0.2) is 0 Å². The molecule has 0 aromatic rings. The van der Waals surface area contributed by atoms with Gasteiger partial charge in [0.1, 0.15) is 0 Å². The fourth-order valence-corrected chi connectivity index (χ4v) is 2.55. The Morgan fingerprint density at radius 1 is 1.06 bits per heavy atom. The summed E-state index contributed by atoms with van der Waals surface area (Å²) >= 11 is 0. The quantitative estimate of drug-likeness (QED) is 0.533. The van der Waals surface area contributed by atoms with Crippen molar-refractivity contribution in [2.24, 2.45) is 5.92 Å². The Labute approximate surface area is 113 Å². The second kappa shape index (κ2) is 8.53. The van der Waals surface area contributed by atoms with Crippen molar-refractivity contribution >= 4 is 0 Å². The van der Waals surface area contributed by atoms with Crippen molar-refractivity contribution in [1.29, 1.82) is 0 Å². The third-order valence-corrected chi connectivity index (χ3v) is 3.93. The maximum Gasteiger partial charge on any atom is 0.0850 e. The maximum atomic E-state index is 6.17. The van der Waals surface area contributed by atoms with Crippen LogP contribution in [0.25, 0.3) is 0 Å². The molecule has 1 aliphatic carbocycles. The van der Waals surface area contributed by atoms with Gasteiger partial charge in [0.05, 0.1) is 6.10 Å². The predicted octanol–water partition coefficient (Wildman–Crippen LogP) is 5.27. The molecule has 18 heavy (non-hydrogen) atoms. The first-order valence-electron chi connectivity index (χ1n) is 7.69. The van der Waals surface area contributed by atoms with Crippen LogP contribution in [0.3, 0.4) is 0 Å². The van der Waals surface area contributed by atoms with Gasteiger partial charge in [0, 0.05) is 12.5 Å². The van der Waals surface area contributed by atoms with Gasteiger partial charge in [-0.3, -0.25) is 0 Å². The average molecular weight is 250 g/mol. The van der Waals surface area contributed by atoms with Crippen molar-refractivity contribution < 1.29 is 4.74 Å². The van der Waals surface area contributed by atoms with Gasteiger partial charge in [-0.2, -0.15) is 0 Å². The molecule has 0 spiro atoms. The Balaban J connectivity index is 2.45. The van der Waals surface area contributed by atoms with Crippen LogP contribution in [0.1, 0.15) is 66.2 Å². The summed E-state index contributed by atoms with van der Waals surface area (Å²) in [7, 11) is 0. The zero-order valence-corrected chi connectivity index (χ0v) is 12.7. The summed E-state index contributed by atoms with van der Waals surface area (Å²) in [5.74, 6) is 0.544. The van der Waals surface area contributed by atoms with E-state index in [1.54, 1.807) is 0 Å². The van der Waals surface area contributed by atoms with Crippen LogP contribution in [0.15, 0.2) is 23.3 Å². The third kappa shape index (κ3) is 4.61. The van der Waals surface area contributed by atoms with Gasteiger partial charge in [-0.15, -0.1) is 0 Å². The first kappa shape index (κ1) is 15.5. The Bertz CT molecular complexity index is 288. The van der Waals surface area contributed by atoms with Crippen molar-refractivity contribution in [2.75, 3.05) is 6.61 Å². The smallest absolute Gasteiger partial charge is 0.0850 e. The van der Waals surface area contributed by atoms with Gasteiger partial charge in [-0.05, 0) is 25.3 Å². The Morgan fingerprint density at radius 3 is 2.50 bits per heavy atom. The highest BCUT2D eigenvalue weighted by molar-refractivity contribution is 5.29. The highest BCUT2D eigenvalue weighted by Gasteiger charge is 2.25. The van der Waals surface area contributed by atoms with E-state index >= 15 is 0 Å². The Kier molecular flexibility index (Phi) is 7.34. The molecule has 0 saturated carbocycles. The molecule has 0 N–H and O–H groups in total. The van der Waals surface area contributed by atoms with Crippen LogP contribution >= 0.6 is 0 Å². The molecule has 0 aromatic heterocycles. The van der Waals surface area contributed by atoms with E-state index in [-0.39, 0.29) is 0 Å². The average Bonchev–Trinajstić information content (AvgIpc) is 2.37. The molecule has 1 rings (SSSR count). The normalized spacial score (nSPS) is 23.8. The first-order chi connectivity index (χ1) is 8.70. The number of allylic oxidation sites excluding steroid dienone is 2. The van der Waals surface area contributed by atoms with Crippen molar-refractivity contribution in [3.63, 3.8) is 0 Å². The minimum atomic E-state index is 0.330. The third-order valence-electron chi connectivity index (χ3n) is 3.93. The maximum absolute atomic E-state index is 6.17. The Morgan fingerprint density at radius 2 is 1.83 bits per heavy atom. The summed E-state index contributed by atoms with van der Waals surface area (Å²) in [6.45, 7) is 9.93. The van der Waals surface area contributed by atoms with E-state index < -0.39 is 0 Å². The number of ether oxygens (including phenoxy) is 1. The summed E-state index contributed by atoms with van der Waals surface area (Å²) in [6.07, 6.45) is 12.4. The van der Waals surface area contributed by atoms with E-state index in [0.717, 1.165) is 6.61 Å². The SMILES string of the molecule is CCCCCCOC1C(CCC)=CC=C(C)C1C. The van der Waals surface area contributed by atoms with Gasteiger partial charge >= 0.3 is 0 Å². The summed E-state index contributed by atoms with van der Waals surface area (Å²) in [5.41, 5.74) is 2.94. The van der Waals surface area contributed by atoms with Crippen LogP contribution in [-0.2, 0) is 4.74 Å². The predicted molar refractivity (Wildman–Crippen MR) is 79.8 cm³/mol. The fourth-order valence-electron chi connectivity index (χ4n) is 2.55. The van der Waals surface area contributed by atoms with Crippen LogP contribution < -0.4 is 0 Å². The molecule has 0 aliphatic heterocycles. The highest BCUT2D eigenvalue weighted by atomic mass is 16.5. The molecule has 0 bridgehead atoms. The lowest BCUT2D eigenvalue weighted by molar-refractivity contribution is 0.0458. The zero-order chi connectivity index (χ0) is 13.4. The van der Waals surface area contributed by atoms with Crippen molar-refractivity contribution in [1.82, 2.24) is 0 Å². The fraction of sp³-hybridized carbons (Fsp3) is 0.765. The van der Waals surface area contributed by atoms with Gasteiger partial charge < -0.3 is 4.74 Å². The van der Waals surface area contributed by atoms with Crippen LogP contribution in [0.4, 0.5) is 0 Å². The van der Waals surface area contributed by atoms with Gasteiger partial charge in [0.25, 0.3) is 0 Å². The lowest BCUT2D eigenvalue weighted by atomic mass is 9.84. The van der Waals surface area contributed by atoms with Gasteiger partial charge in [-0.1, -0.05) is 64.2 Å². The van der Waals surface area contributed by atoms with Gasteiger partial charge in [-0.25, -0.2) is 0 Å². The van der Waals surface area contributed by atoms with Crippen LogP contribution in [0.5, 0.6) is 0 Å². The van der Waals surface area contributed by atoms with Crippen LogP contribution in [0, 0.1) is 5.92 Å². The summed E-state index contributed by atoms with van der Waals surface area (Å²) < 4.78 is 6.17. The molecule has 0 amide bonds. The second-order valence-corrected chi connectivity index (χ2v) is 5.54. The lowest BCUT2D eigenvalue weighted by Crippen LogP contribution is -2.27. The van der Waals surface area contributed by atoms with Crippen LogP contribution in [0.2, 0.25) is 0 Å². The monoisotopic (exact) mass is 250 g/mol. The van der Waals surface area contributed by atoms with E-state index in [2.05, 4.69) is 39.8 Å². The first-order valence-corrected chi connectivity index (χ1v) is 7.69. The number of unbranched alkanes of at least 4 members (excludes halogenated alkanes) is 3.